The third-order valence-electron chi connectivity index (χ3n) is 4.05. The van der Waals surface area contributed by atoms with Crippen LogP contribution in [0, 0.1) is 13.8 Å². The Balaban J connectivity index is 1.96. The smallest absolute Gasteiger partial charge is 0.339 e. The van der Waals surface area contributed by atoms with Crippen LogP contribution in [0.2, 0.25) is 0 Å². The SMILES string of the molecule is COc1ccc(Br)c(C(=O)OCC(=O)N(C)Cc2ccc(C)cc2C)c1. The Bertz CT molecular complexity index is 819. The molecule has 0 spiro atoms. The molecular formula is C20H22BrNO4. The van der Waals surface area contributed by atoms with Crippen molar-refractivity contribution in [3.8, 4) is 5.75 Å². The lowest BCUT2D eigenvalue weighted by atomic mass is 10.1. The van der Waals surface area contributed by atoms with Gasteiger partial charge in [0.05, 0.1) is 12.7 Å². The number of rotatable bonds is 6. The minimum absolute atomic E-state index is 0.266. The average molecular weight is 420 g/mol. The molecule has 0 heterocycles. The summed E-state index contributed by atoms with van der Waals surface area (Å²) < 4.78 is 10.9. The Morgan fingerprint density at radius 2 is 1.85 bits per heavy atom. The Labute approximate surface area is 162 Å². The second-order valence-corrected chi connectivity index (χ2v) is 6.96. The largest absolute Gasteiger partial charge is 0.497 e. The molecule has 138 valence electrons. The number of hydrogen-bond acceptors (Lipinski definition) is 4. The predicted octanol–water partition coefficient (Wildman–Crippen LogP) is 3.89. The molecule has 5 nitrogen and oxygen atoms in total. The molecule has 0 saturated heterocycles. The van der Waals surface area contributed by atoms with Crippen molar-refractivity contribution in [2.24, 2.45) is 0 Å². The van der Waals surface area contributed by atoms with E-state index in [9.17, 15) is 9.59 Å². The summed E-state index contributed by atoms with van der Waals surface area (Å²) >= 11 is 3.30. The number of amides is 1. The first-order valence-electron chi connectivity index (χ1n) is 8.12. The summed E-state index contributed by atoms with van der Waals surface area (Å²) in [5, 5.41) is 0. The molecule has 0 radical (unpaired) electrons. The molecule has 2 aromatic rings. The van der Waals surface area contributed by atoms with Crippen molar-refractivity contribution in [1.82, 2.24) is 4.90 Å². The lowest BCUT2D eigenvalue weighted by Crippen LogP contribution is -2.31. The number of hydrogen-bond donors (Lipinski definition) is 0. The van der Waals surface area contributed by atoms with Gasteiger partial charge in [0, 0.05) is 18.1 Å². The van der Waals surface area contributed by atoms with Crippen molar-refractivity contribution in [3.63, 3.8) is 0 Å². The summed E-state index contributed by atoms with van der Waals surface area (Å²) in [6, 6.07) is 11.1. The highest BCUT2D eigenvalue weighted by atomic mass is 79.9. The van der Waals surface area contributed by atoms with E-state index >= 15 is 0 Å². The molecule has 0 unspecified atom stereocenters. The van der Waals surface area contributed by atoms with Gasteiger partial charge in [-0.3, -0.25) is 4.79 Å². The van der Waals surface area contributed by atoms with Crippen LogP contribution in [-0.4, -0.2) is 37.5 Å². The number of ether oxygens (including phenoxy) is 2. The van der Waals surface area contributed by atoms with Crippen molar-refractivity contribution in [3.05, 3.63) is 63.1 Å². The zero-order valence-corrected chi connectivity index (χ0v) is 16.9. The standard InChI is InChI=1S/C20H22BrNO4/c1-13-5-6-15(14(2)9-13)11-22(3)19(23)12-26-20(24)17-10-16(25-4)7-8-18(17)21/h5-10H,11-12H2,1-4H3. The van der Waals surface area contributed by atoms with Crippen LogP contribution < -0.4 is 4.74 Å². The molecule has 0 aliphatic heterocycles. The van der Waals surface area contributed by atoms with Gasteiger partial charge >= 0.3 is 5.97 Å². The second kappa shape index (κ2) is 8.85. The quantitative estimate of drug-likeness (QED) is 0.666. The molecule has 1 amide bonds. The highest BCUT2D eigenvalue weighted by molar-refractivity contribution is 9.10. The Kier molecular flexibility index (Phi) is 6.80. The molecule has 0 N–H and O–H groups in total. The van der Waals surface area contributed by atoms with Gasteiger partial charge < -0.3 is 14.4 Å². The van der Waals surface area contributed by atoms with Gasteiger partial charge in [0.25, 0.3) is 5.91 Å². The first-order chi connectivity index (χ1) is 12.3. The van der Waals surface area contributed by atoms with Gasteiger partial charge in [0.2, 0.25) is 0 Å². The first-order valence-corrected chi connectivity index (χ1v) is 8.92. The zero-order valence-electron chi connectivity index (χ0n) is 15.3. The molecule has 6 heteroatoms. The molecule has 2 aromatic carbocycles. The number of aryl methyl sites for hydroxylation is 2. The number of carbonyl (C=O) groups excluding carboxylic acids is 2. The first kappa shape index (κ1) is 20.0. The van der Waals surface area contributed by atoms with E-state index in [0.29, 0.717) is 22.3 Å². The third kappa shape index (κ3) is 5.08. The predicted molar refractivity (Wildman–Crippen MR) is 103 cm³/mol. The maximum Gasteiger partial charge on any atom is 0.339 e. The van der Waals surface area contributed by atoms with Gasteiger partial charge in [0.15, 0.2) is 6.61 Å². The van der Waals surface area contributed by atoms with E-state index in [0.717, 1.165) is 11.1 Å². The third-order valence-corrected chi connectivity index (χ3v) is 4.74. The summed E-state index contributed by atoms with van der Waals surface area (Å²) in [7, 11) is 3.21. The molecule has 0 aliphatic carbocycles. The number of methoxy groups -OCH3 is 1. The number of halogens is 1. The van der Waals surface area contributed by atoms with Crippen molar-refractivity contribution < 1.29 is 19.1 Å². The van der Waals surface area contributed by atoms with Crippen LogP contribution in [0.4, 0.5) is 0 Å². The number of likely N-dealkylation sites (N-methyl/N-ethyl adjacent to an activating group) is 1. The van der Waals surface area contributed by atoms with Gasteiger partial charge in [0.1, 0.15) is 5.75 Å². The zero-order chi connectivity index (χ0) is 19.3. The molecule has 26 heavy (non-hydrogen) atoms. The van der Waals surface area contributed by atoms with Gasteiger partial charge in [-0.15, -0.1) is 0 Å². The number of nitrogens with zero attached hydrogens (tertiary/aromatic N) is 1. The topological polar surface area (TPSA) is 55.8 Å². The fraction of sp³-hybridized carbons (Fsp3) is 0.300. The molecule has 0 saturated carbocycles. The summed E-state index contributed by atoms with van der Waals surface area (Å²) in [5.41, 5.74) is 3.68. The fourth-order valence-corrected chi connectivity index (χ4v) is 2.88. The van der Waals surface area contributed by atoms with E-state index in [1.165, 1.54) is 12.7 Å². The van der Waals surface area contributed by atoms with Crippen LogP contribution in [0.15, 0.2) is 40.9 Å². The molecule has 0 atom stereocenters. The fourth-order valence-electron chi connectivity index (χ4n) is 2.47. The molecule has 0 fully saturated rings. The maximum atomic E-state index is 12.3. The lowest BCUT2D eigenvalue weighted by Gasteiger charge is -2.19. The van der Waals surface area contributed by atoms with Crippen LogP contribution in [0.1, 0.15) is 27.0 Å². The molecule has 2 rings (SSSR count). The van der Waals surface area contributed by atoms with Crippen molar-refractivity contribution in [2.45, 2.75) is 20.4 Å². The molecule has 0 aliphatic rings. The number of esters is 1. The van der Waals surface area contributed by atoms with E-state index in [4.69, 9.17) is 9.47 Å². The summed E-state index contributed by atoms with van der Waals surface area (Å²) in [4.78, 5) is 26.1. The number of benzene rings is 2. The van der Waals surface area contributed by atoms with Crippen LogP contribution >= 0.6 is 15.9 Å². The molecule has 0 aromatic heterocycles. The summed E-state index contributed by atoms with van der Waals surface area (Å²) in [6.07, 6.45) is 0. The van der Waals surface area contributed by atoms with Crippen molar-refractivity contribution in [1.29, 1.82) is 0 Å². The van der Waals surface area contributed by atoms with Crippen molar-refractivity contribution in [2.75, 3.05) is 20.8 Å². The van der Waals surface area contributed by atoms with Crippen LogP contribution in [0.25, 0.3) is 0 Å². The lowest BCUT2D eigenvalue weighted by molar-refractivity contribution is -0.133. The summed E-state index contributed by atoms with van der Waals surface area (Å²) in [6.45, 7) is 4.19. The molecule has 0 bridgehead atoms. The van der Waals surface area contributed by atoms with Crippen molar-refractivity contribution >= 4 is 27.8 Å². The van der Waals surface area contributed by atoms with E-state index in [1.54, 1.807) is 30.1 Å². The minimum atomic E-state index is -0.580. The normalized spacial score (nSPS) is 10.3. The highest BCUT2D eigenvalue weighted by Crippen LogP contribution is 2.23. The van der Waals surface area contributed by atoms with Crippen LogP contribution in [-0.2, 0) is 16.1 Å². The highest BCUT2D eigenvalue weighted by Gasteiger charge is 2.17. The molecular weight excluding hydrogens is 398 g/mol. The van der Waals surface area contributed by atoms with E-state index in [1.807, 2.05) is 26.0 Å². The van der Waals surface area contributed by atoms with Gasteiger partial charge in [-0.2, -0.15) is 0 Å². The Morgan fingerprint density at radius 3 is 2.50 bits per heavy atom. The maximum absolute atomic E-state index is 12.3. The summed E-state index contributed by atoms with van der Waals surface area (Å²) in [5.74, 6) is -0.306. The monoisotopic (exact) mass is 419 g/mol. The van der Waals surface area contributed by atoms with Gasteiger partial charge in [-0.25, -0.2) is 4.79 Å². The minimum Gasteiger partial charge on any atom is -0.497 e. The second-order valence-electron chi connectivity index (χ2n) is 6.10. The van der Waals surface area contributed by atoms with E-state index < -0.39 is 5.97 Å². The Morgan fingerprint density at radius 1 is 1.12 bits per heavy atom. The van der Waals surface area contributed by atoms with Gasteiger partial charge in [-0.05, 0) is 59.1 Å². The average Bonchev–Trinajstić information content (AvgIpc) is 2.62. The van der Waals surface area contributed by atoms with E-state index in [-0.39, 0.29) is 12.5 Å². The van der Waals surface area contributed by atoms with Crippen LogP contribution in [0.3, 0.4) is 0 Å². The Hall–Kier alpha value is -2.34. The number of carbonyl (C=O) groups is 2. The van der Waals surface area contributed by atoms with E-state index in [2.05, 4.69) is 22.0 Å². The van der Waals surface area contributed by atoms with Gasteiger partial charge in [-0.1, -0.05) is 23.8 Å². The van der Waals surface area contributed by atoms with Crippen LogP contribution in [0.5, 0.6) is 5.75 Å².